The molecule has 0 saturated carbocycles. The molecule has 0 bridgehead atoms. The number of halogens is 1. The number of ketones is 1. The van der Waals surface area contributed by atoms with Gasteiger partial charge in [-0.15, -0.1) is 11.3 Å². The second-order valence-corrected chi connectivity index (χ2v) is 6.78. The van der Waals surface area contributed by atoms with Gasteiger partial charge in [0.15, 0.2) is 5.78 Å². The van der Waals surface area contributed by atoms with Gasteiger partial charge in [0.1, 0.15) is 5.75 Å². The number of carbonyl (C=O) groups is 1. The number of hydrogen-bond acceptors (Lipinski definition) is 4. The lowest BCUT2D eigenvalue weighted by Gasteiger charge is -2.05. The van der Waals surface area contributed by atoms with Crippen LogP contribution in [0.4, 0.5) is 5.69 Å². The van der Waals surface area contributed by atoms with Gasteiger partial charge in [-0.2, -0.15) is 0 Å². The second kappa shape index (κ2) is 8.00. The summed E-state index contributed by atoms with van der Waals surface area (Å²) >= 11 is 4.77. The highest BCUT2D eigenvalue weighted by Crippen LogP contribution is 2.22. The third kappa shape index (κ3) is 5.02. The Balaban J connectivity index is 1.87. The van der Waals surface area contributed by atoms with E-state index >= 15 is 0 Å². The van der Waals surface area contributed by atoms with Crippen molar-refractivity contribution in [1.29, 1.82) is 0 Å². The van der Waals surface area contributed by atoms with Gasteiger partial charge in [-0.25, -0.2) is 0 Å². The van der Waals surface area contributed by atoms with E-state index in [0.29, 0.717) is 4.88 Å². The summed E-state index contributed by atoms with van der Waals surface area (Å²) in [5.41, 5.74) is 0.912. The normalized spacial score (nSPS) is 10.8. The Morgan fingerprint density at radius 3 is 2.67 bits per heavy atom. The van der Waals surface area contributed by atoms with Crippen LogP contribution >= 0.6 is 27.3 Å². The minimum Gasteiger partial charge on any atom is -0.494 e. The van der Waals surface area contributed by atoms with E-state index in [0.717, 1.165) is 28.3 Å². The molecule has 110 valence electrons. The van der Waals surface area contributed by atoms with Gasteiger partial charge in [-0.3, -0.25) is 4.79 Å². The fourth-order valence-electron chi connectivity index (χ4n) is 1.61. The van der Waals surface area contributed by atoms with E-state index in [4.69, 9.17) is 4.74 Å². The molecule has 0 unspecified atom stereocenters. The topological polar surface area (TPSA) is 38.3 Å². The van der Waals surface area contributed by atoms with E-state index in [1.54, 1.807) is 12.3 Å². The summed E-state index contributed by atoms with van der Waals surface area (Å²) in [6.45, 7) is 2.79. The molecule has 1 N–H and O–H groups in total. The van der Waals surface area contributed by atoms with E-state index in [-0.39, 0.29) is 5.78 Å². The van der Waals surface area contributed by atoms with Crippen molar-refractivity contribution in [2.45, 2.75) is 13.3 Å². The summed E-state index contributed by atoms with van der Waals surface area (Å²) in [4.78, 5) is 12.6. The number of allylic oxidation sites excluding steroid dienone is 1. The molecule has 3 nitrogen and oxygen atoms in total. The van der Waals surface area contributed by atoms with Gasteiger partial charge in [0.2, 0.25) is 0 Å². The smallest absolute Gasteiger partial charge is 0.197 e. The van der Waals surface area contributed by atoms with Crippen molar-refractivity contribution in [3.63, 3.8) is 0 Å². The molecule has 2 aromatic rings. The van der Waals surface area contributed by atoms with Crippen LogP contribution in [-0.2, 0) is 0 Å². The molecule has 1 aromatic carbocycles. The van der Waals surface area contributed by atoms with Gasteiger partial charge < -0.3 is 10.1 Å². The highest BCUT2D eigenvalue weighted by Gasteiger charge is 2.04. The van der Waals surface area contributed by atoms with Gasteiger partial charge in [0.25, 0.3) is 0 Å². The van der Waals surface area contributed by atoms with Crippen molar-refractivity contribution in [3.8, 4) is 5.75 Å². The Morgan fingerprint density at radius 1 is 1.29 bits per heavy atom. The van der Waals surface area contributed by atoms with E-state index in [1.165, 1.54) is 17.4 Å². The number of rotatable bonds is 7. The third-order valence-electron chi connectivity index (χ3n) is 2.63. The molecule has 0 saturated heterocycles. The molecule has 21 heavy (non-hydrogen) atoms. The largest absolute Gasteiger partial charge is 0.494 e. The first kappa shape index (κ1) is 15.8. The van der Waals surface area contributed by atoms with Crippen LogP contribution in [0.2, 0.25) is 0 Å². The molecule has 5 heteroatoms. The average molecular weight is 366 g/mol. The molecule has 1 aromatic heterocycles. The molecule has 0 aliphatic heterocycles. The molecule has 0 radical (unpaired) electrons. The lowest BCUT2D eigenvalue weighted by molar-refractivity contribution is 0.105. The van der Waals surface area contributed by atoms with Gasteiger partial charge >= 0.3 is 0 Å². The fraction of sp³-hybridized carbons (Fsp3) is 0.188. The zero-order valence-electron chi connectivity index (χ0n) is 11.6. The predicted octanol–water partition coefficient (Wildman–Crippen LogP) is 5.11. The van der Waals surface area contributed by atoms with Crippen LogP contribution in [-0.4, -0.2) is 12.4 Å². The first-order chi connectivity index (χ1) is 10.2. The van der Waals surface area contributed by atoms with Crippen LogP contribution < -0.4 is 10.1 Å². The van der Waals surface area contributed by atoms with Crippen molar-refractivity contribution < 1.29 is 9.53 Å². The van der Waals surface area contributed by atoms with Gasteiger partial charge in [0, 0.05) is 18.0 Å². The second-order valence-electron chi connectivity index (χ2n) is 4.32. The maximum Gasteiger partial charge on any atom is 0.197 e. The number of benzene rings is 1. The molecule has 0 spiro atoms. The van der Waals surface area contributed by atoms with E-state index in [1.807, 2.05) is 30.3 Å². The van der Waals surface area contributed by atoms with Crippen LogP contribution in [0.5, 0.6) is 5.75 Å². The fourth-order valence-corrected chi connectivity index (χ4v) is 2.92. The zero-order valence-corrected chi connectivity index (χ0v) is 14.0. The first-order valence-electron chi connectivity index (χ1n) is 6.64. The SMILES string of the molecule is CCCOc1ccc(N/C=C\C(=O)c2ccc(Br)s2)cc1. The Bertz CT molecular complexity index is 619. The summed E-state index contributed by atoms with van der Waals surface area (Å²) < 4.78 is 6.46. The van der Waals surface area contributed by atoms with Crippen molar-refractivity contribution in [2.75, 3.05) is 11.9 Å². The van der Waals surface area contributed by atoms with Crippen LogP contribution in [0.1, 0.15) is 23.0 Å². The summed E-state index contributed by atoms with van der Waals surface area (Å²) in [7, 11) is 0. The molecule has 0 atom stereocenters. The molecule has 2 rings (SSSR count). The first-order valence-corrected chi connectivity index (χ1v) is 8.25. The van der Waals surface area contributed by atoms with E-state index < -0.39 is 0 Å². The van der Waals surface area contributed by atoms with Gasteiger partial charge in [-0.1, -0.05) is 6.92 Å². The maximum atomic E-state index is 11.9. The molecular formula is C16H16BrNO2S. The highest BCUT2D eigenvalue weighted by molar-refractivity contribution is 9.11. The Morgan fingerprint density at radius 2 is 2.05 bits per heavy atom. The van der Waals surface area contributed by atoms with Crippen molar-refractivity contribution in [2.24, 2.45) is 0 Å². The van der Waals surface area contributed by atoms with Crippen LogP contribution in [0.25, 0.3) is 0 Å². The van der Waals surface area contributed by atoms with Gasteiger partial charge in [0.05, 0.1) is 15.3 Å². The number of carbonyl (C=O) groups excluding carboxylic acids is 1. The summed E-state index contributed by atoms with van der Waals surface area (Å²) in [5.74, 6) is 0.840. The molecule has 0 fully saturated rings. The number of hydrogen-bond donors (Lipinski definition) is 1. The monoisotopic (exact) mass is 365 g/mol. The number of nitrogens with one attached hydrogen (secondary N) is 1. The molecule has 0 aliphatic rings. The van der Waals surface area contributed by atoms with Crippen molar-refractivity contribution in [3.05, 3.63) is 57.3 Å². The summed E-state index contributed by atoms with van der Waals surface area (Å²) in [6, 6.07) is 11.3. The Kier molecular flexibility index (Phi) is 6.02. The zero-order chi connectivity index (χ0) is 15.1. The Labute approximate surface area is 136 Å². The molecule has 0 aliphatic carbocycles. The Hall–Kier alpha value is -1.59. The number of anilines is 1. The molecular weight excluding hydrogens is 350 g/mol. The lowest BCUT2D eigenvalue weighted by Crippen LogP contribution is -1.95. The van der Waals surface area contributed by atoms with E-state index in [9.17, 15) is 4.79 Å². The number of thiophene rings is 1. The molecule has 1 heterocycles. The number of ether oxygens (including phenoxy) is 1. The minimum absolute atomic E-state index is 0.0129. The minimum atomic E-state index is -0.0129. The van der Waals surface area contributed by atoms with E-state index in [2.05, 4.69) is 28.2 Å². The third-order valence-corrected chi connectivity index (χ3v) is 4.27. The van der Waals surface area contributed by atoms with Crippen LogP contribution in [0.15, 0.2) is 52.5 Å². The highest BCUT2D eigenvalue weighted by atomic mass is 79.9. The summed E-state index contributed by atoms with van der Waals surface area (Å²) in [5, 5.41) is 3.07. The predicted molar refractivity (Wildman–Crippen MR) is 91.3 cm³/mol. The maximum absolute atomic E-state index is 11.9. The van der Waals surface area contributed by atoms with Crippen molar-refractivity contribution in [1.82, 2.24) is 0 Å². The lowest BCUT2D eigenvalue weighted by atomic mass is 10.3. The average Bonchev–Trinajstić information content (AvgIpc) is 2.93. The van der Waals surface area contributed by atoms with Crippen LogP contribution in [0, 0.1) is 0 Å². The summed E-state index contributed by atoms with van der Waals surface area (Å²) in [6.07, 6.45) is 4.17. The van der Waals surface area contributed by atoms with Crippen LogP contribution in [0.3, 0.4) is 0 Å². The van der Waals surface area contributed by atoms with Gasteiger partial charge in [-0.05, 0) is 58.7 Å². The van der Waals surface area contributed by atoms with Crippen molar-refractivity contribution >= 4 is 38.7 Å². The standard InChI is InChI=1S/C16H16BrNO2S/c1-2-11-20-13-5-3-12(4-6-13)18-10-9-14(19)15-7-8-16(17)21-15/h3-10,18H,2,11H2,1H3/b10-9-. The quantitative estimate of drug-likeness (QED) is 0.547. The molecule has 0 amide bonds.